The molecule has 2 atom stereocenters. The van der Waals surface area contributed by atoms with E-state index in [0.29, 0.717) is 0 Å². The highest BCUT2D eigenvalue weighted by molar-refractivity contribution is 5.78. The maximum absolute atomic E-state index is 12.1. The molecule has 0 radical (unpaired) electrons. The van der Waals surface area contributed by atoms with Crippen LogP contribution in [0, 0.1) is 0 Å². The molecule has 0 saturated heterocycles. The van der Waals surface area contributed by atoms with Crippen LogP contribution < -0.4 is 5.32 Å². The van der Waals surface area contributed by atoms with E-state index in [1.807, 2.05) is 0 Å². The molecule has 6 heteroatoms. The summed E-state index contributed by atoms with van der Waals surface area (Å²) >= 11 is 0. The minimum atomic E-state index is -2.40. The number of nitrogens with zero attached hydrogens (tertiary/aromatic N) is 1. The maximum atomic E-state index is 12.1. The monoisotopic (exact) mass is 238 g/mol. The second-order valence-corrected chi connectivity index (χ2v) is 4.27. The Kier molecular flexibility index (Phi) is 5.81. The van der Waals surface area contributed by atoms with Crippen LogP contribution in [-0.4, -0.2) is 54.6 Å². The van der Waals surface area contributed by atoms with Crippen LogP contribution in [0.1, 0.15) is 20.3 Å². The molecule has 0 amide bonds. The number of carboxylic acids is 1. The number of halogens is 2. The van der Waals surface area contributed by atoms with E-state index < -0.39 is 17.9 Å². The predicted octanol–water partition coefficient (Wildman–Crippen LogP) is 1.02. The van der Waals surface area contributed by atoms with Gasteiger partial charge in [0.05, 0.1) is 6.54 Å². The van der Waals surface area contributed by atoms with Crippen LogP contribution in [0.15, 0.2) is 0 Å². The quantitative estimate of drug-likeness (QED) is 0.695. The molecule has 2 unspecified atom stereocenters. The number of aliphatic carboxylic acids is 1. The number of carbonyl (C=O) groups is 1. The predicted molar refractivity (Wildman–Crippen MR) is 57.8 cm³/mol. The molecule has 0 fully saturated rings. The lowest BCUT2D eigenvalue weighted by Crippen LogP contribution is -2.52. The van der Waals surface area contributed by atoms with E-state index in [-0.39, 0.29) is 19.0 Å². The average Bonchev–Trinajstić information content (AvgIpc) is 2.16. The lowest BCUT2D eigenvalue weighted by atomic mass is 9.93. The van der Waals surface area contributed by atoms with Crippen LogP contribution in [0.2, 0.25) is 0 Å². The molecule has 0 spiro atoms. The Labute approximate surface area is 94.6 Å². The van der Waals surface area contributed by atoms with Gasteiger partial charge in [-0.25, -0.2) is 8.78 Å². The largest absolute Gasteiger partial charge is 0.480 e. The summed E-state index contributed by atoms with van der Waals surface area (Å²) in [6.07, 6.45) is -2.14. The minimum absolute atomic E-state index is 0.234. The summed E-state index contributed by atoms with van der Waals surface area (Å²) in [6.45, 7) is 2.93. The van der Waals surface area contributed by atoms with E-state index >= 15 is 0 Å². The lowest BCUT2D eigenvalue weighted by Gasteiger charge is -2.32. The topological polar surface area (TPSA) is 52.6 Å². The fourth-order valence-corrected chi connectivity index (χ4v) is 1.44. The van der Waals surface area contributed by atoms with Crippen molar-refractivity contribution in [2.45, 2.75) is 38.3 Å². The van der Waals surface area contributed by atoms with E-state index in [1.54, 1.807) is 27.9 Å². The number of likely N-dealkylation sites (N-methyl/N-ethyl adjacent to an activating group) is 1. The standard InChI is InChI=1S/C10H20F2N2O2/c1-7(14(4)6-8(11)12)5-10(2,13-3)9(15)16/h7-8,13H,5-6H2,1-4H3,(H,15,16). The van der Waals surface area contributed by atoms with E-state index in [9.17, 15) is 13.6 Å². The molecular formula is C10H20F2N2O2. The van der Waals surface area contributed by atoms with Gasteiger partial charge in [-0.15, -0.1) is 0 Å². The summed E-state index contributed by atoms with van der Waals surface area (Å²) in [7, 11) is 3.11. The number of carboxylic acid groups (broad SMARTS) is 1. The minimum Gasteiger partial charge on any atom is -0.480 e. The van der Waals surface area contributed by atoms with E-state index in [2.05, 4.69) is 5.32 Å². The number of hydrogen-bond acceptors (Lipinski definition) is 3. The molecule has 4 nitrogen and oxygen atoms in total. The van der Waals surface area contributed by atoms with Crippen molar-refractivity contribution in [1.29, 1.82) is 0 Å². The lowest BCUT2D eigenvalue weighted by molar-refractivity contribution is -0.144. The zero-order valence-electron chi connectivity index (χ0n) is 10.1. The first kappa shape index (κ1) is 15.2. The van der Waals surface area contributed by atoms with Crippen LogP contribution in [0.25, 0.3) is 0 Å². The van der Waals surface area contributed by atoms with Crippen molar-refractivity contribution in [3.63, 3.8) is 0 Å². The fourth-order valence-electron chi connectivity index (χ4n) is 1.44. The number of alkyl halides is 2. The van der Waals surface area contributed by atoms with Crippen molar-refractivity contribution in [3.05, 3.63) is 0 Å². The molecule has 0 aromatic heterocycles. The van der Waals surface area contributed by atoms with Crippen molar-refractivity contribution in [2.75, 3.05) is 20.6 Å². The average molecular weight is 238 g/mol. The normalized spacial score (nSPS) is 17.5. The van der Waals surface area contributed by atoms with Gasteiger partial charge in [0, 0.05) is 6.04 Å². The smallest absolute Gasteiger partial charge is 0.323 e. The Morgan fingerprint density at radius 2 is 2.06 bits per heavy atom. The zero-order chi connectivity index (χ0) is 12.9. The highest BCUT2D eigenvalue weighted by Crippen LogP contribution is 2.16. The van der Waals surface area contributed by atoms with E-state index in [0.717, 1.165) is 0 Å². The summed E-state index contributed by atoms with van der Waals surface area (Å²) in [5.41, 5.74) is -1.09. The summed E-state index contributed by atoms with van der Waals surface area (Å²) in [5, 5.41) is 11.7. The molecule has 0 rings (SSSR count). The number of nitrogens with one attached hydrogen (secondary N) is 1. The van der Waals surface area contributed by atoms with E-state index in [1.165, 1.54) is 4.90 Å². The third-order valence-electron chi connectivity index (χ3n) is 2.91. The van der Waals surface area contributed by atoms with Crippen LogP contribution in [0.5, 0.6) is 0 Å². The van der Waals surface area contributed by atoms with Crippen molar-refractivity contribution < 1.29 is 18.7 Å². The van der Waals surface area contributed by atoms with Crippen molar-refractivity contribution in [2.24, 2.45) is 0 Å². The summed E-state index contributed by atoms with van der Waals surface area (Å²) in [6, 6.07) is -0.234. The van der Waals surface area contributed by atoms with Crippen LogP contribution >= 0.6 is 0 Å². The van der Waals surface area contributed by atoms with Crippen molar-refractivity contribution >= 4 is 5.97 Å². The fraction of sp³-hybridized carbons (Fsp3) is 0.900. The molecule has 0 aliphatic heterocycles. The molecule has 0 aliphatic rings. The van der Waals surface area contributed by atoms with Gasteiger partial charge in [0.25, 0.3) is 6.43 Å². The Hall–Kier alpha value is -0.750. The first-order valence-corrected chi connectivity index (χ1v) is 5.13. The molecular weight excluding hydrogens is 218 g/mol. The molecule has 0 aromatic carbocycles. The van der Waals surface area contributed by atoms with Gasteiger partial charge in [-0.05, 0) is 34.4 Å². The number of rotatable bonds is 7. The first-order valence-electron chi connectivity index (χ1n) is 5.13. The number of hydrogen-bond donors (Lipinski definition) is 2. The third-order valence-corrected chi connectivity index (χ3v) is 2.91. The Bertz CT molecular complexity index is 239. The maximum Gasteiger partial charge on any atom is 0.323 e. The van der Waals surface area contributed by atoms with Gasteiger partial charge in [-0.3, -0.25) is 9.69 Å². The third kappa shape index (κ3) is 4.40. The van der Waals surface area contributed by atoms with Gasteiger partial charge in [0.15, 0.2) is 0 Å². The molecule has 0 heterocycles. The summed E-state index contributed by atoms with van der Waals surface area (Å²) in [5.74, 6) is -0.979. The van der Waals surface area contributed by atoms with Gasteiger partial charge >= 0.3 is 5.97 Å². The van der Waals surface area contributed by atoms with E-state index in [4.69, 9.17) is 5.11 Å². The van der Waals surface area contributed by atoms with Gasteiger partial charge in [-0.1, -0.05) is 0 Å². The molecule has 0 aromatic rings. The Balaban J connectivity index is 4.41. The van der Waals surface area contributed by atoms with Gasteiger partial charge in [0.2, 0.25) is 0 Å². The van der Waals surface area contributed by atoms with Gasteiger partial charge in [-0.2, -0.15) is 0 Å². The molecule has 0 bridgehead atoms. The van der Waals surface area contributed by atoms with Crippen LogP contribution in [0.4, 0.5) is 8.78 Å². The van der Waals surface area contributed by atoms with Crippen LogP contribution in [0.3, 0.4) is 0 Å². The first-order chi connectivity index (χ1) is 7.23. The zero-order valence-corrected chi connectivity index (χ0v) is 10.1. The highest BCUT2D eigenvalue weighted by Gasteiger charge is 2.34. The summed E-state index contributed by atoms with van der Waals surface area (Å²) in [4.78, 5) is 12.5. The summed E-state index contributed by atoms with van der Waals surface area (Å²) < 4.78 is 24.3. The highest BCUT2D eigenvalue weighted by atomic mass is 19.3. The molecule has 16 heavy (non-hydrogen) atoms. The second-order valence-electron chi connectivity index (χ2n) is 4.27. The second kappa shape index (κ2) is 6.10. The van der Waals surface area contributed by atoms with Gasteiger partial charge in [0.1, 0.15) is 5.54 Å². The Morgan fingerprint density at radius 1 is 1.56 bits per heavy atom. The molecule has 0 saturated carbocycles. The van der Waals surface area contributed by atoms with Crippen molar-refractivity contribution in [3.8, 4) is 0 Å². The Morgan fingerprint density at radius 3 is 2.38 bits per heavy atom. The molecule has 0 aliphatic carbocycles. The SMILES string of the molecule is CNC(C)(CC(C)N(C)CC(F)F)C(=O)O. The van der Waals surface area contributed by atoms with Crippen LogP contribution in [-0.2, 0) is 4.79 Å². The van der Waals surface area contributed by atoms with Gasteiger partial charge < -0.3 is 10.4 Å². The molecule has 2 N–H and O–H groups in total. The van der Waals surface area contributed by atoms with Crippen molar-refractivity contribution in [1.82, 2.24) is 10.2 Å². The molecule has 96 valence electrons.